The third kappa shape index (κ3) is 2.68. The first-order valence-electron chi connectivity index (χ1n) is 4.95. The summed E-state index contributed by atoms with van der Waals surface area (Å²) in [5, 5.41) is 2.41. The van der Waals surface area contributed by atoms with Crippen molar-refractivity contribution in [2.24, 2.45) is 0 Å². The van der Waals surface area contributed by atoms with E-state index < -0.39 is 17.6 Å². The highest BCUT2D eigenvalue weighted by Crippen LogP contribution is 2.29. The van der Waals surface area contributed by atoms with Gasteiger partial charge in [-0.3, -0.25) is 10.1 Å². The average molecular weight is 255 g/mol. The monoisotopic (exact) mass is 255 g/mol. The van der Waals surface area contributed by atoms with Gasteiger partial charge in [0.2, 0.25) is 5.95 Å². The van der Waals surface area contributed by atoms with Gasteiger partial charge in [-0.2, -0.15) is 13.2 Å². The van der Waals surface area contributed by atoms with Gasteiger partial charge in [-0.25, -0.2) is 4.98 Å². The van der Waals surface area contributed by atoms with Crippen molar-refractivity contribution >= 4 is 11.9 Å². The second-order valence-corrected chi connectivity index (χ2v) is 3.47. The number of hydrogen-bond donors (Lipinski definition) is 2. The van der Waals surface area contributed by atoms with Gasteiger partial charge < -0.3 is 4.98 Å². The molecule has 0 saturated carbocycles. The number of imidazole rings is 1. The zero-order valence-corrected chi connectivity index (χ0v) is 8.95. The molecular formula is C11H8F3N3O. The molecule has 1 aromatic carbocycles. The molecular weight excluding hydrogens is 247 g/mol. The molecule has 1 aromatic heterocycles. The topological polar surface area (TPSA) is 57.8 Å². The van der Waals surface area contributed by atoms with Crippen molar-refractivity contribution in [1.29, 1.82) is 0 Å². The molecule has 0 unspecified atom stereocenters. The number of carbonyl (C=O) groups excluding carboxylic acids is 1. The van der Waals surface area contributed by atoms with Crippen LogP contribution in [0.25, 0.3) is 0 Å². The number of rotatable bonds is 2. The van der Waals surface area contributed by atoms with Crippen LogP contribution in [0.4, 0.5) is 19.1 Å². The van der Waals surface area contributed by atoms with Crippen molar-refractivity contribution in [3.63, 3.8) is 0 Å². The maximum atomic E-state index is 12.3. The van der Waals surface area contributed by atoms with Crippen LogP contribution in [0.15, 0.2) is 36.7 Å². The molecule has 2 N–H and O–H groups in total. The molecule has 4 nitrogen and oxygen atoms in total. The molecule has 0 fully saturated rings. The van der Waals surface area contributed by atoms with Gasteiger partial charge in [-0.1, -0.05) is 0 Å². The number of benzene rings is 1. The van der Waals surface area contributed by atoms with E-state index in [1.807, 2.05) is 0 Å². The van der Waals surface area contributed by atoms with Gasteiger partial charge in [0.15, 0.2) is 0 Å². The number of nitrogens with one attached hydrogen (secondary N) is 2. The summed E-state index contributed by atoms with van der Waals surface area (Å²) in [7, 11) is 0. The van der Waals surface area contributed by atoms with Crippen molar-refractivity contribution in [3.8, 4) is 0 Å². The van der Waals surface area contributed by atoms with E-state index in [1.165, 1.54) is 12.4 Å². The fraction of sp³-hybridized carbons (Fsp3) is 0.0909. The molecule has 0 spiro atoms. The van der Waals surface area contributed by atoms with Crippen LogP contribution in [-0.4, -0.2) is 15.9 Å². The molecule has 2 rings (SSSR count). The molecule has 0 bridgehead atoms. The second-order valence-electron chi connectivity index (χ2n) is 3.47. The van der Waals surface area contributed by atoms with Crippen LogP contribution < -0.4 is 5.32 Å². The molecule has 0 aliphatic carbocycles. The number of anilines is 1. The van der Waals surface area contributed by atoms with Crippen molar-refractivity contribution in [2.75, 3.05) is 5.32 Å². The normalized spacial score (nSPS) is 11.3. The van der Waals surface area contributed by atoms with E-state index >= 15 is 0 Å². The quantitative estimate of drug-likeness (QED) is 0.866. The summed E-state index contributed by atoms with van der Waals surface area (Å²) in [6, 6.07) is 3.94. The van der Waals surface area contributed by atoms with E-state index in [0.717, 1.165) is 24.3 Å². The predicted octanol–water partition coefficient (Wildman–Crippen LogP) is 2.68. The van der Waals surface area contributed by atoms with Crippen molar-refractivity contribution in [3.05, 3.63) is 47.8 Å². The van der Waals surface area contributed by atoms with Gasteiger partial charge >= 0.3 is 6.18 Å². The Balaban J connectivity index is 2.12. The zero-order chi connectivity index (χ0) is 13.2. The van der Waals surface area contributed by atoms with E-state index in [2.05, 4.69) is 15.3 Å². The lowest BCUT2D eigenvalue weighted by Gasteiger charge is -2.07. The Hall–Kier alpha value is -2.31. The summed E-state index contributed by atoms with van der Waals surface area (Å²) >= 11 is 0. The number of hydrogen-bond acceptors (Lipinski definition) is 2. The van der Waals surface area contributed by atoms with Gasteiger partial charge in [0, 0.05) is 18.0 Å². The summed E-state index contributed by atoms with van der Waals surface area (Å²) in [5.41, 5.74) is -0.670. The van der Waals surface area contributed by atoms with Crippen molar-refractivity contribution < 1.29 is 18.0 Å². The van der Waals surface area contributed by atoms with Gasteiger partial charge in [0.05, 0.1) is 5.56 Å². The highest BCUT2D eigenvalue weighted by Gasteiger charge is 2.30. The number of nitrogens with zero attached hydrogens (tertiary/aromatic N) is 1. The molecule has 0 aliphatic heterocycles. The first kappa shape index (κ1) is 12.2. The SMILES string of the molecule is O=C(Nc1ncc[nH]1)c1ccc(C(F)(F)F)cc1. The average Bonchev–Trinajstić information content (AvgIpc) is 2.81. The Bertz CT molecular complexity index is 532. The van der Waals surface area contributed by atoms with Crippen LogP contribution in [0.3, 0.4) is 0 Å². The summed E-state index contributed by atoms with van der Waals surface area (Å²) in [6.07, 6.45) is -1.44. The summed E-state index contributed by atoms with van der Waals surface area (Å²) < 4.78 is 36.9. The van der Waals surface area contributed by atoms with Gasteiger partial charge in [0.1, 0.15) is 0 Å². The van der Waals surface area contributed by atoms with Gasteiger partial charge in [-0.05, 0) is 24.3 Å². The van der Waals surface area contributed by atoms with Crippen LogP contribution in [-0.2, 0) is 6.18 Å². The number of aromatic nitrogens is 2. The largest absolute Gasteiger partial charge is 0.416 e. The minimum absolute atomic E-state index is 0.124. The molecule has 1 amide bonds. The fourth-order valence-corrected chi connectivity index (χ4v) is 1.32. The lowest BCUT2D eigenvalue weighted by Crippen LogP contribution is -2.13. The maximum absolute atomic E-state index is 12.3. The van der Waals surface area contributed by atoms with Crippen LogP contribution in [0.2, 0.25) is 0 Å². The summed E-state index contributed by atoms with van der Waals surface area (Å²) in [6.45, 7) is 0. The Morgan fingerprint density at radius 2 is 1.89 bits per heavy atom. The smallest absolute Gasteiger partial charge is 0.331 e. The Labute approximate surface area is 99.9 Å². The standard InChI is InChI=1S/C11H8F3N3O/c12-11(13,14)8-3-1-7(2-4-8)9(18)17-10-15-5-6-16-10/h1-6H,(H2,15,16,17,18). The molecule has 0 atom stereocenters. The summed E-state index contributed by atoms with van der Waals surface area (Å²) in [4.78, 5) is 18.0. The number of carbonyl (C=O) groups is 1. The van der Waals surface area contributed by atoms with Crippen molar-refractivity contribution in [1.82, 2.24) is 9.97 Å². The Morgan fingerprint density at radius 3 is 2.39 bits per heavy atom. The number of alkyl halides is 3. The third-order valence-corrected chi connectivity index (χ3v) is 2.20. The minimum atomic E-state index is -4.41. The van der Waals surface area contributed by atoms with Crippen LogP contribution >= 0.6 is 0 Å². The molecule has 0 saturated heterocycles. The third-order valence-electron chi connectivity index (χ3n) is 2.20. The number of aromatic amines is 1. The maximum Gasteiger partial charge on any atom is 0.416 e. The fourth-order valence-electron chi connectivity index (χ4n) is 1.32. The molecule has 2 aromatic rings. The van der Waals surface area contributed by atoms with E-state index in [1.54, 1.807) is 0 Å². The van der Waals surface area contributed by atoms with Crippen LogP contribution in [0.5, 0.6) is 0 Å². The molecule has 1 heterocycles. The number of H-pyrrole nitrogens is 1. The van der Waals surface area contributed by atoms with Crippen molar-refractivity contribution in [2.45, 2.75) is 6.18 Å². The predicted molar refractivity (Wildman–Crippen MR) is 58.0 cm³/mol. The highest BCUT2D eigenvalue weighted by molar-refractivity contribution is 6.03. The number of halogens is 3. The first-order valence-corrected chi connectivity index (χ1v) is 4.95. The van der Waals surface area contributed by atoms with Gasteiger partial charge in [-0.15, -0.1) is 0 Å². The van der Waals surface area contributed by atoms with E-state index in [-0.39, 0.29) is 11.5 Å². The molecule has 7 heteroatoms. The minimum Gasteiger partial charge on any atom is -0.331 e. The lowest BCUT2D eigenvalue weighted by molar-refractivity contribution is -0.137. The van der Waals surface area contributed by atoms with E-state index in [0.29, 0.717) is 0 Å². The van der Waals surface area contributed by atoms with Gasteiger partial charge in [0.25, 0.3) is 5.91 Å². The highest BCUT2D eigenvalue weighted by atomic mass is 19.4. The lowest BCUT2D eigenvalue weighted by atomic mass is 10.1. The van der Waals surface area contributed by atoms with E-state index in [4.69, 9.17) is 0 Å². The molecule has 18 heavy (non-hydrogen) atoms. The van der Waals surface area contributed by atoms with Crippen LogP contribution in [0, 0.1) is 0 Å². The second kappa shape index (κ2) is 4.52. The zero-order valence-electron chi connectivity index (χ0n) is 8.95. The van der Waals surface area contributed by atoms with E-state index in [9.17, 15) is 18.0 Å². The molecule has 0 radical (unpaired) electrons. The molecule has 94 valence electrons. The first-order chi connectivity index (χ1) is 8.47. The summed E-state index contributed by atoms with van der Waals surface area (Å²) in [5.74, 6) is -0.293. The van der Waals surface area contributed by atoms with Crippen LogP contribution in [0.1, 0.15) is 15.9 Å². The Morgan fingerprint density at radius 1 is 1.22 bits per heavy atom. The Kier molecular flexibility index (Phi) is 3.05. The number of amides is 1. The molecule has 0 aliphatic rings.